The number of rotatable bonds is 2. The Kier molecular flexibility index (Phi) is 2.58. The van der Waals surface area contributed by atoms with Gasteiger partial charge in [0.05, 0.1) is 18.1 Å². The van der Waals surface area contributed by atoms with E-state index < -0.39 is 0 Å². The lowest BCUT2D eigenvalue weighted by Crippen LogP contribution is -2.29. The molecule has 0 unspecified atom stereocenters. The molecule has 0 amide bonds. The lowest BCUT2D eigenvalue weighted by Gasteiger charge is -2.25. The van der Waals surface area contributed by atoms with Crippen molar-refractivity contribution in [1.29, 1.82) is 0 Å². The van der Waals surface area contributed by atoms with Crippen LogP contribution in [0.5, 0.6) is 0 Å². The van der Waals surface area contributed by atoms with Gasteiger partial charge in [-0.2, -0.15) is 0 Å². The highest BCUT2D eigenvalue weighted by molar-refractivity contribution is 5.36. The van der Waals surface area contributed by atoms with Crippen LogP contribution >= 0.6 is 0 Å². The number of aromatic nitrogens is 3. The van der Waals surface area contributed by atoms with Crippen LogP contribution in [0.25, 0.3) is 5.65 Å². The van der Waals surface area contributed by atoms with Crippen molar-refractivity contribution >= 4 is 5.65 Å². The van der Waals surface area contributed by atoms with Crippen molar-refractivity contribution in [3.8, 4) is 0 Å². The van der Waals surface area contributed by atoms with Crippen molar-refractivity contribution in [2.24, 2.45) is 0 Å². The summed E-state index contributed by atoms with van der Waals surface area (Å²) in [5.74, 6) is 0. The highest BCUT2D eigenvalue weighted by atomic mass is 15.2. The lowest BCUT2D eigenvalue weighted by atomic mass is 10.1. The Labute approximate surface area is 94.9 Å². The Balaban J connectivity index is 1.83. The summed E-state index contributed by atoms with van der Waals surface area (Å²) < 4.78 is 2.13. The molecule has 3 rings (SSSR count). The van der Waals surface area contributed by atoms with Crippen LogP contribution in [0.1, 0.15) is 25.0 Å². The molecule has 0 spiro atoms. The van der Waals surface area contributed by atoms with E-state index in [1.165, 1.54) is 38.0 Å². The van der Waals surface area contributed by atoms with Crippen LogP contribution in [0.3, 0.4) is 0 Å². The first kappa shape index (κ1) is 9.78. The number of imidazole rings is 1. The first-order valence-electron chi connectivity index (χ1n) is 5.92. The summed E-state index contributed by atoms with van der Waals surface area (Å²) in [6, 6.07) is 0. The molecule has 4 heteroatoms. The minimum Gasteiger partial charge on any atom is -0.300 e. The van der Waals surface area contributed by atoms with Crippen molar-refractivity contribution in [3.05, 3.63) is 30.5 Å². The van der Waals surface area contributed by atoms with Crippen LogP contribution in [-0.2, 0) is 6.54 Å². The number of nitrogens with zero attached hydrogens (tertiary/aromatic N) is 4. The summed E-state index contributed by atoms with van der Waals surface area (Å²) in [4.78, 5) is 10.9. The highest BCUT2D eigenvalue weighted by Crippen LogP contribution is 2.13. The SMILES string of the molecule is c1cn2c(CN3CCCCC3)cnc2cn1. The number of likely N-dealkylation sites (tertiary alicyclic amines) is 1. The Morgan fingerprint density at radius 1 is 1.12 bits per heavy atom. The molecule has 4 nitrogen and oxygen atoms in total. The quantitative estimate of drug-likeness (QED) is 0.766. The van der Waals surface area contributed by atoms with Gasteiger partial charge in [-0.1, -0.05) is 6.42 Å². The van der Waals surface area contributed by atoms with E-state index in [0.29, 0.717) is 0 Å². The first-order chi connectivity index (χ1) is 7.93. The lowest BCUT2D eigenvalue weighted by molar-refractivity contribution is 0.218. The fourth-order valence-corrected chi connectivity index (χ4v) is 2.36. The Hall–Kier alpha value is -1.42. The second-order valence-electron chi connectivity index (χ2n) is 4.39. The normalized spacial score (nSPS) is 18.0. The molecule has 0 saturated carbocycles. The minimum atomic E-state index is 0.939. The summed E-state index contributed by atoms with van der Waals surface area (Å²) in [5.41, 5.74) is 2.20. The van der Waals surface area contributed by atoms with Crippen molar-refractivity contribution in [2.45, 2.75) is 25.8 Å². The molecule has 2 aromatic rings. The van der Waals surface area contributed by atoms with E-state index in [9.17, 15) is 0 Å². The van der Waals surface area contributed by atoms with Crippen molar-refractivity contribution in [3.63, 3.8) is 0 Å². The van der Waals surface area contributed by atoms with Gasteiger partial charge in [-0.15, -0.1) is 0 Å². The average molecular weight is 216 g/mol. The molecule has 0 bridgehead atoms. The molecular formula is C12H16N4. The maximum absolute atomic E-state index is 4.36. The predicted molar refractivity (Wildman–Crippen MR) is 62.1 cm³/mol. The van der Waals surface area contributed by atoms with E-state index in [1.54, 1.807) is 6.20 Å². The van der Waals surface area contributed by atoms with Gasteiger partial charge in [0.25, 0.3) is 0 Å². The Morgan fingerprint density at radius 2 is 2.00 bits per heavy atom. The summed E-state index contributed by atoms with van der Waals surface area (Å²) in [7, 11) is 0. The molecular weight excluding hydrogens is 200 g/mol. The predicted octanol–water partition coefficient (Wildman–Crippen LogP) is 1.72. The molecule has 0 radical (unpaired) electrons. The third-order valence-electron chi connectivity index (χ3n) is 3.23. The van der Waals surface area contributed by atoms with Crippen LogP contribution < -0.4 is 0 Å². The number of hydrogen-bond acceptors (Lipinski definition) is 3. The molecule has 1 aliphatic rings. The molecule has 16 heavy (non-hydrogen) atoms. The van der Waals surface area contributed by atoms with Gasteiger partial charge in [0.15, 0.2) is 5.65 Å². The Bertz CT molecular complexity index is 471. The van der Waals surface area contributed by atoms with E-state index in [-0.39, 0.29) is 0 Å². The summed E-state index contributed by atoms with van der Waals surface area (Å²) >= 11 is 0. The zero-order chi connectivity index (χ0) is 10.8. The fraction of sp³-hybridized carbons (Fsp3) is 0.500. The number of hydrogen-bond donors (Lipinski definition) is 0. The minimum absolute atomic E-state index is 0.939. The van der Waals surface area contributed by atoms with Crippen LogP contribution in [0.4, 0.5) is 0 Å². The topological polar surface area (TPSA) is 33.4 Å². The molecule has 0 N–H and O–H groups in total. The zero-order valence-corrected chi connectivity index (χ0v) is 9.34. The molecule has 0 aliphatic carbocycles. The van der Waals surface area contributed by atoms with Crippen molar-refractivity contribution in [2.75, 3.05) is 13.1 Å². The van der Waals surface area contributed by atoms with Gasteiger partial charge in [0.1, 0.15) is 0 Å². The highest BCUT2D eigenvalue weighted by Gasteiger charge is 2.12. The molecule has 1 fully saturated rings. The first-order valence-corrected chi connectivity index (χ1v) is 5.92. The van der Waals surface area contributed by atoms with Crippen molar-refractivity contribution in [1.82, 2.24) is 19.3 Å². The van der Waals surface area contributed by atoms with Crippen LogP contribution in [-0.4, -0.2) is 32.4 Å². The van der Waals surface area contributed by atoms with E-state index >= 15 is 0 Å². The monoisotopic (exact) mass is 216 g/mol. The molecule has 84 valence electrons. The summed E-state index contributed by atoms with van der Waals surface area (Å²) in [6.07, 6.45) is 11.6. The molecule has 1 aliphatic heterocycles. The fourth-order valence-electron chi connectivity index (χ4n) is 2.36. The zero-order valence-electron chi connectivity index (χ0n) is 9.34. The largest absolute Gasteiger partial charge is 0.300 e. The van der Waals surface area contributed by atoms with E-state index in [4.69, 9.17) is 0 Å². The average Bonchev–Trinajstić information content (AvgIpc) is 2.74. The second kappa shape index (κ2) is 4.22. The van der Waals surface area contributed by atoms with E-state index in [1.807, 2.05) is 18.6 Å². The molecule has 0 aromatic carbocycles. The van der Waals surface area contributed by atoms with E-state index in [0.717, 1.165) is 12.2 Å². The van der Waals surface area contributed by atoms with Crippen LogP contribution in [0.2, 0.25) is 0 Å². The standard InChI is InChI=1S/C12H16N4/c1-2-5-15(6-3-1)10-11-8-14-12-9-13-4-7-16(11)12/h4,7-9H,1-3,5-6,10H2. The van der Waals surface area contributed by atoms with Crippen molar-refractivity contribution < 1.29 is 0 Å². The van der Waals surface area contributed by atoms with Gasteiger partial charge < -0.3 is 0 Å². The van der Waals surface area contributed by atoms with Gasteiger partial charge in [0, 0.05) is 18.9 Å². The number of fused-ring (bicyclic) bond motifs is 1. The second-order valence-corrected chi connectivity index (χ2v) is 4.39. The smallest absolute Gasteiger partial charge is 0.155 e. The molecule has 0 atom stereocenters. The Morgan fingerprint density at radius 3 is 2.88 bits per heavy atom. The summed E-state index contributed by atoms with van der Waals surface area (Å²) in [6.45, 7) is 3.45. The van der Waals surface area contributed by atoms with Crippen LogP contribution in [0.15, 0.2) is 24.8 Å². The van der Waals surface area contributed by atoms with Gasteiger partial charge in [-0.05, 0) is 25.9 Å². The van der Waals surface area contributed by atoms with Gasteiger partial charge >= 0.3 is 0 Å². The molecule has 2 aromatic heterocycles. The molecule has 1 saturated heterocycles. The van der Waals surface area contributed by atoms with E-state index in [2.05, 4.69) is 19.3 Å². The van der Waals surface area contributed by atoms with Gasteiger partial charge in [-0.25, -0.2) is 4.98 Å². The number of piperidine rings is 1. The maximum atomic E-state index is 4.36. The molecule has 3 heterocycles. The third kappa shape index (κ3) is 1.80. The van der Waals surface area contributed by atoms with Gasteiger partial charge in [-0.3, -0.25) is 14.3 Å². The van der Waals surface area contributed by atoms with Gasteiger partial charge in [0.2, 0.25) is 0 Å². The van der Waals surface area contributed by atoms with Crippen LogP contribution in [0, 0.1) is 0 Å². The third-order valence-corrected chi connectivity index (χ3v) is 3.23. The maximum Gasteiger partial charge on any atom is 0.155 e. The summed E-state index contributed by atoms with van der Waals surface area (Å²) in [5, 5.41) is 0.